The Morgan fingerprint density at radius 2 is 2.60 bits per heavy atom. The van der Waals surface area contributed by atoms with Gasteiger partial charge in [-0.25, -0.2) is 0 Å². The van der Waals surface area contributed by atoms with Gasteiger partial charge in [0, 0.05) is 6.42 Å². The van der Waals surface area contributed by atoms with E-state index in [0.717, 1.165) is 25.5 Å². The zero-order chi connectivity index (χ0) is 10.5. The first-order valence-electron chi connectivity index (χ1n) is 6.05. The summed E-state index contributed by atoms with van der Waals surface area (Å²) in [5.41, 5.74) is 0. The molecule has 2 unspecified atom stereocenters. The Morgan fingerprint density at radius 1 is 1.67 bits per heavy atom. The Labute approximate surface area is 96.8 Å². The highest BCUT2D eigenvalue weighted by atomic mass is 32.2. The fourth-order valence-electron chi connectivity index (χ4n) is 2.27. The highest BCUT2D eigenvalue weighted by molar-refractivity contribution is 7.99. The lowest BCUT2D eigenvalue weighted by molar-refractivity contribution is 0.197. The van der Waals surface area contributed by atoms with Crippen molar-refractivity contribution in [3.63, 3.8) is 0 Å². The van der Waals surface area contributed by atoms with E-state index in [1.807, 2.05) is 0 Å². The van der Waals surface area contributed by atoms with Crippen LogP contribution in [-0.4, -0.2) is 30.7 Å². The lowest BCUT2D eigenvalue weighted by Gasteiger charge is -2.25. The van der Waals surface area contributed by atoms with Crippen LogP contribution in [-0.2, 0) is 4.74 Å². The molecule has 0 bridgehead atoms. The molecule has 2 aliphatic rings. The monoisotopic (exact) mass is 227 g/mol. The summed E-state index contributed by atoms with van der Waals surface area (Å²) in [5, 5.41) is 3.65. The average molecular weight is 227 g/mol. The van der Waals surface area contributed by atoms with Gasteiger partial charge in [0.05, 0.1) is 12.6 Å². The molecule has 0 aliphatic carbocycles. The molecule has 2 aliphatic heterocycles. The minimum Gasteiger partial charge on any atom is -0.496 e. The summed E-state index contributed by atoms with van der Waals surface area (Å²) < 4.78 is 5.71. The van der Waals surface area contributed by atoms with Gasteiger partial charge >= 0.3 is 0 Å². The molecule has 0 aromatic rings. The van der Waals surface area contributed by atoms with E-state index in [-0.39, 0.29) is 0 Å². The van der Waals surface area contributed by atoms with E-state index in [4.69, 9.17) is 4.74 Å². The summed E-state index contributed by atoms with van der Waals surface area (Å²) in [6.45, 7) is 4.21. The van der Waals surface area contributed by atoms with Gasteiger partial charge in [-0.15, -0.1) is 0 Å². The van der Waals surface area contributed by atoms with Crippen molar-refractivity contribution in [2.45, 2.75) is 32.2 Å². The van der Waals surface area contributed by atoms with Gasteiger partial charge in [-0.3, -0.25) is 0 Å². The number of hydrogen-bond acceptors (Lipinski definition) is 3. The molecule has 0 radical (unpaired) electrons. The normalized spacial score (nSPS) is 27.5. The molecule has 3 heteroatoms. The van der Waals surface area contributed by atoms with Crippen molar-refractivity contribution in [2.24, 2.45) is 5.92 Å². The first kappa shape index (κ1) is 11.3. The van der Waals surface area contributed by atoms with E-state index in [9.17, 15) is 0 Å². The maximum atomic E-state index is 5.71. The second kappa shape index (κ2) is 5.80. The standard InChI is InChI=1S/C12H21NOS/c1-2-6-13-12(10-5-8-15-9-10)11-4-3-7-14-11/h4,10,12-13H,2-3,5-9H2,1H3. The molecule has 1 saturated heterocycles. The van der Waals surface area contributed by atoms with E-state index in [1.165, 1.54) is 30.1 Å². The SMILES string of the molecule is CCCNC(C1=CCCO1)C1CCSC1. The van der Waals surface area contributed by atoms with E-state index in [1.54, 1.807) is 0 Å². The molecular weight excluding hydrogens is 206 g/mol. The van der Waals surface area contributed by atoms with Crippen molar-refractivity contribution >= 4 is 11.8 Å². The summed E-state index contributed by atoms with van der Waals surface area (Å²) >= 11 is 2.08. The largest absolute Gasteiger partial charge is 0.496 e. The van der Waals surface area contributed by atoms with Crippen molar-refractivity contribution in [3.8, 4) is 0 Å². The fourth-order valence-corrected chi connectivity index (χ4v) is 3.57. The Kier molecular flexibility index (Phi) is 4.39. The predicted molar refractivity (Wildman–Crippen MR) is 66.2 cm³/mol. The molecule has 15 heavy (non-hydrogen) atoms. The third kappa shape index (κ3) is 2.91. The van der Waals surface area contributed by atoms with E-state index >= 15 is 0 Å². The molecule has 2 nitrogen and oxygen atoms in total. The Balaban J connectivity index is 1.94. The molecule has 2 rings (SSSR count). The predicted octanol–water partition coefficient (Wildman–Crippen LogP) is 2.41. The average Bonchev–Trinajstić information content (AvgIpc) is 2.90. The molecule has 0 aromatic heterocycles. The number of nitrogens with one attached hydrogen (secondary N) is 1. The summed E-state index contributed by atoms with van der Waals surface area (Å²) in [6.07, 6.45) is 5.91. The zero-order valence-electron chi connectivity index (χ0n) is 9.50. The lowest BCUT2D eigenvalue weighted by atomic mass is 9.97. The second-order valence-electron chi connectivity index (χ2n) is 4.30. The zero-order valence-corrected chi connectivity index (χ0v) is 10.3. The van der Waals surface area contributed by atoms with Crippen molar-refractivity contribution in [1.29, 1.82) is 0 Å². The van der Waals surface area contributed by atoms with E-state index in [0.29, 0.717) is 6.04 Å². The molecule has 2 atom stereocenters. The summed E-state index contributed by atoms with van der Waals surface area (Å²) in [7, 11) is 0. The van der Waals surface area contributed by atoms with Crippen LogP contribution in [0.5, 0.6) is 0 Å². The Hall–Kier alpha value is -0.150. The topological polar surface area (TPSA) is 21.3 Å². The number of hydrogen-bond donors (Lipinski definition) is 1. The van der Waals surface area contributed by atoms with Gasteiger partial charge in [-0.2, -0.15) is 11.8 Å². The van der Waals surface area contributed by atoms with Gasteiger partial charge in [-0.1, -0.05) is 6.92 Å². The van der Waals surface area contributed by atoms with Crippen molar-refractivity contribution < 1.29 is 4.74 Å². The fraction of sp³-hybridized carbons (Fsp3) is 0.833. The van der Waals surface area contributed by atoms with Crippen molar-refractivity contribution in [2.75, 3.05) is 24.7 Å². The Bertz CT molecular complexity index is 224. The van der Waals surface area contributed by atoms with Crippen molar-refractivity contribution in [3.05, 3.63) is 11.8 Å². The van der Waals surface area contributed by atoms with Gasteiger partial charge in [0.15, 0.2) is 0 Å². The molecule has 0 spiro atoms. The van der Waals surface area contributed by atoms with Crippen LogP contribution in [0.3, 0.4) is 0 Å². The van der Waals surface area contributed by atoms with Gasteiger partial charge in [0.25, 0.3) is 0 Å². The smallest absolute Gasteiger partial charge is 0.109 e. The van der Waals surface area contributed by atoms with E-state index < -0.39 is 0 Å². The minimum atomic E-state index is 0.488. The van der Waals surface area contributed by atoms with Crippen molar-refractivity contribution in [1.82, 2.24) is 5.32 Å². The van der Waals surface area contributed by atoms with Crippen LogP contribution in [0.1, 0.15) is 26.2 Å². The highest BCUT2D eigenvalue weighted by Crippen LogP contribution is 2.31. The molecule has 1 N–H and O–H groups in total. The number of ether oxygens (including phenoxy) is 1. The maximum Gasteiger partial charge on any atom is 0.109 e. The van der Waals surface area contributed by atoms with Gasteiger partial charge in [0.2, 0.25) is 0 Å². The molecule has 86 valence electrons. The second-order valence-corrected chi connectivity index (χ2v) is 5.45. The summed E-state index contributed by atoms with van der Waals surface area (Å²) in [6, 6.07) is 0.488. The van der Waals surface area contributed by atoms with Crippen LogP contribution in [0, 0.1) is 5.92 Å². The van der Waals surface area contributed by atoms with Gasteiger partial charge in [-0.05, 0) is 42.9 Å². The quantitative estimate of drug-likeness (QED) is 0.779. The molecule has 1 fully saturated rings. The number of rotatable bonds is 5. The van der Waals surface area contributed by atoms with Crippen LogP contribution < -0.4 is 5.32 Å². The Morgan fingerprint density at radius 3 is 3.20 bits per heavy atom. The van der Waals surface area contributed by atoms with E-state index in [2.05, 4.69) is 30.1 Å². The lowest BCUT2D eigenvalue weighted by Crippen LogP contribution is -2.38. The van der Waals surface area contributed by atoms with Crippen LogP contribution in [0.2, 0.25) is 0 Å². The minimum absolute atomic E-state index is 0.488. The van der Waals surface area contributed by atoms with Gasteiger partial charge < -0.3 is 10.1 Å². The molecule has 0 aromatic carbocycles. The highest BCUT2D eigenvalue weighted by Gasteiger charge is 2.29. The maximum absolute atomic E-state index is 5.71. The van der Waals surface area contributed by atoms with Gasteiger partial charge in [0.1, 0.15) is 5.76 Å². The molecule has 0 saturated carbocycles. The third-order valence-corrected chi connectivity index (χ3v) is 4.28. The third-order valence-electron chi connectivity index (χ3n) is 3.09. The molecule has 0 amide bonds. The van der Waals surface area contributed by atoms with Crippen LogP contribution in [0.15, 0.2) is 11.8 Å². The number of thioether (sulfide) groups is 1. The molecule has 2 heterocycles. The molecular formula is C12H21NOS. The van der Waals surface area contributed by atoms with Crippen LogP contribution in [0.25, 0.3) is 0 Å². The first-order valence-corrected chi connectivity index (χ1v) is 7.21. The van der Waals surface area contributed by atoms with Crippen LogP contribution in [0.4, 0.5) is 0 Å². The summed E-state index contributed by atoms with van der Waals surface area (Å²) in [5.74, 6) is 4.62. The van der Waals surface area contributed by atoms with Crippen LogP contribution >= 0.6 is 11.8 Å². The first-order chi connectivity index (χ1) is 7.42. The summed E-state index contributed by atoms with van der Waals surface area (Å²) in [4.78, 5) is 0.